The minimum atomic E-state index is -0.290. The summed E-state index contributed by atoms with van der Waals surface area (Å²) in [6.07, 6.45) is 3.45. The number of nitrogens with one attached hydrogen (secondary N) is 3. The van der Waals surface area contributed by atoms with E-state index in [1.54, 1.807) is 6.20 Å². The first-order chi connectivity index (χ1) is 12.7. The molecule has 4 nitrogen and oxygen atoms in total. The van der Waals surface area contributed by atoms with Gasteiger partial charge in [-0.15, -0.1) is 0 Å². The Bertz CT molecular complexity index is 875. The fourth-order valence-corrected chi connectivity index (χ4v) is 2.54. The number of amides is 2. The Kier molecular flexibility index (Phi) is 6.06. The smallest absolute Gasteiger partial charge is 0.323 e. The minimum absolute atomic E-state index is 0.290. The average Bonchev–Trinajstić information content (AvgIpc) is 2.66. The molecule has 0 aromatic heterocycles. The fourth-order valence-electron chi connectivity index (χ4n) is 2.28. The van der Waals surface area contributed by atoms with Crippen LogP contribution in [-0.4, -0.2) is 6.03 Å². The summed E-state index contributed by atoms with van der Waals surface area (Å²) in [4.78, 5) is 11.9. The molecule has 3 aromatic carbocycles. The van der Waals surface area contributed by atoms with Gasteiger partial charge in [-0.1, -0.05) is 46.3 Å². The topological polar surface area (TPSA) is 53.2 Å². The van der Waals surface area contributed by atoms with Crippen molar-refractivity contribution in [2.24, 2.45) is 0 Å². The molecule has 0 bridgehead atoms. The Labute approximate surface area is 161 Å². The molecule has 0 aliphatic rings. The van der Waals surface area contributed by atoms with Gasteiger partial charge in [-0.05, 0) is 60.2 Å². The molecule has 0 saturated carbocycles. The van der Waals surface area contributed by atoms with E-state index in [1.165, 1.54) is 0 Å². The molecule has 0 aliphatic carbocycles. The van der Waals surface area contributed by atoms with Crippen LogP contribution in [0.2, 0.25) is 0 Å². The molecule has 0 spiro atoms. The van der Waals surface area contributed by atoms with Gasteiger partial charge in [0.2, 0.25) is 0 Å². The summed E-state index contributed by atoms with van der Waals surface area (Å²) in [7, 11) is 0. The number of halogens is 1. The maximum Gasteiger partial charge on any atom is 0.323 e. The third-order valence-corrected chi connectivity index (χ3v) is 4.09. The van der Waals surface area contributed by atoms with E-state index in [9.17, 15) is 4.79 Å². The Balaban J connectivity index is 1.50. The molecule has 0 saturated heterocycles. The molecule has 5 heteroatoms. The quantitative estimate of drug-likeness (QED) is 0.486. The normalized spacial score (nSPS) is 10.5. The molecule has 130 valence electrons. The van der Waals surface area contributed by atoms with Crippen molar-refractivity contribution in [1.29, 1.82) is 0 Å². The largest absolute Gasteiger partial charge is 0.356 e. The number of para-hydroxylation sites is 1. The van der Waals surface area contributed by atoms with Gasteiger partial charge in [0.15, 0.2) is 0 Å². The van der Waals surface area contributed by atoms with Crippen LogP contribution >= 0.6 is 15.9 Å². The molecule has 0 unspecified atom stereocenters. The second-order valence-electron chi connectivity index (χ2n) is 5.55. The average molecular weight is 408 g/mol. The van der Waals surface area contributed by atoms with Crippen molar-refractivity contribution in [2.75, 3.05) is 10.6 Å². The minimum Gasteiger partial charge on any atom is -0.356 e. The van der Waals surface area contributed by atoms with Crippen LogP contribution < -0.4 is 16.0 Å². The van der Waals surface area contributed by atoms with Crippen LogP contribution in [0, 0.1) is 0 Å². The molecule has 3 N–H and O–H groups in total. The zero-order chi connectivity index (χ0) is 18.2. The number of hydrogen-bond donors (Lipinski definition) is 3. The number of urea groups is 1. The van der Waals surface area contributed by atoms with Gasteiger partial charge in [0.1, 0.15) is 0 Å². The zero-order valence-electron chi connectivity index (χ0n) is 13.9. The maximum atomic E-state index is 11.9. The van der Waals surface area contributed by atoms with Gasteiger partial charge in [0, 0.05) is 27.7 Å². The van der Waals surface area contributed by atoms with Crippen molar-refractivity contribution >= 4 is 45.1 Å². The Morgan fingerprint density at radius 3 is 2.08 bits per heavy atom. The van der Waals surface area contributed by atoms with Crippen LogP contribution in [0.5, 0.6) is 0 Å². The molecule has 0 aliphatic heterocycles. The van der Waals surface area contributed by atoms with E-state index < -0.39 is 0 Å². The van der Waals surface area contributed by atoms with E-state index in [2.05, 4.69) is 31.9 Å². The molecule has 0 radical (unpaired) electrons. The summed E-state index contributed by atoms with van der Waals surface area (Å²) in [6.45, 7) is 0. The van der Waals surface area contributed by atoms with Crippen molar-refractivity contribution in [2.45, 2.75) is 0 Å². The Morgan fingerprint density at radius 2 is 1.38 bits per heavy atom. The second kappa shape index (κ2) is 8.87. The lowest BCUT2D eigenvalue weighted by Crippen LogP contribution is -2.23. The van der Waals surface area contributed by atoms with Crippen LogP contribution in [0.25, 0.3) is 6.08 Å². The van der Waals surface area contributed by atoms with E-state index in [-0.39, 0.29) is 6.03 Å². The van der Waals surface area contributed by atoms with E-state index in [0.29, 0.717) is 0 Å². The number of carbonyl (C=O) groups is 1. The summed E-state index contributed by atoms with van der Waals surface area (Å²) >= 11 is 3.39. The van der Waals surface area contributed by atoms with E-state index in [4.69, 9.17) is 0 Å². The molecular formula is C21H18BrN3O. The highest BCUT2D eigenvalue weighted by Crippen LogP contribution is 2.18. The van der Waals surface area contributed by atoms with Gasteiger partial charge >= 0.3 is 6.03 Å². The van der Waals surface area contributed by atoms with Crippen LogP contribution in [0.15, 0.2) is 89.5 Å². The van der Waals surface area contributed by atoms with Gasteiger partial charge in [0.05, 0.1) is 0 Å². The Morgan fingerprint density at radius 1 is 0.769 bits per heavy atom. The lowest BCUT2D eigenvalue weighted by atomic mass is 10.2. The van der Waals surface area contributed by atoms with Gasteiger partial charge in [0.25, 0.3) is 0 Å². The summed E-state index contributed by atoms with van der Waals surface area (Å²) in [5.41, 5.74) is 3.70. The first-order valence-corrected chi connectivity index (χ1v) is 8.90. The fraction of sp³-hybridized carbons (Fsp3) is 0. The molecular weight excluding hydrogens is 390 g/mol. The highest BCUT2D eigenvalue weighted by atomic mass is 79.9. The predicted octanol–water partition coefficient (Wildman–Crippen LogP) is 5.99. The van der Waals surface area contributed by atoms with E-state index >= 15 is 0 Å². The molecule has 0 fully saturated rings. The second-order valence-corrected chi connectivity index (χ2v) is 6.47. The number of benzene rings is 3. The van der Waals surface area contributed by atoms with Crippen molar-refractivity contribution < 1.29 is 4.79 Å². The molecule has 2 amide bonds. The lowest BCUT2D eigenvalue weighted by molar-refractivity contribution is 0.255. The SMILES string of the molecule is O=C(N/C=C/c1ccc(Br)cc1)Nc1ccc(Nc2ccccc2)cc1. The first-order valence-electron chi connectivity index (χ1n) is 8.11. The molecule has 3 rings (SSSR count). The van der Waals surface area contributed by atoms with Crippen molar-refractivity contribution in [1.82, 2.24) is 5.32 Å². The monoisotopic (exact) mass is 407 g/mol. The third-order valence-electron chi connectivity index (χ3n) is 3.57. The van der Waals surface area contributed by atoms with Crippen LogP contribution in [0.3, 0.4) is 0 Å². The standard InChI is InChI=1S/C21H18BrN3O/c22-17-8-6-16(7-9-17)14-15-23-21(26)25-20-12-10-19(11-13-20)24-18-4-2-1-3-5-18/h1-15,24H,(H2,23,25,26)/b15-14+. The molecule has 0 atom stereocenters. The zero-order valence-corrected chi connectivity index (χ0v) is 15.5. The third kappa shape index (κ3) is 5.50. The number of carbonyl (C=O) groups excluding carboxylic acids is 1. The maximum absolute atomic E-state index is 11.9. The number of anilines is 3. The highest BCUT2D eigenvalue weighted by molar-refractivity contribution is 9.10. The number of rotatable bonds is 5. The lowest BCUT2D eigenvalue weighted by Gasteiger charge is -2.08. The Hall–Kier alpha value is -3.05. The van der Waals surface area contributed by atoms with Crippen molar-refractivity contribution in [3.8, 4) is 0 Å². The van der Waals surface area contributed by atoms with Gasteiger partial charge in [-0.2, -0.15) is 0 Å². The number of hydrogen-bond acceptors (Lipinski definition) is 2. The van der Waals surface area contributed by atoms with Crippen LogP contribution in [-0.2, 0) is 0 Å². The van der Waals surface area contributed by atoms with E-state index in [1.807, 2.05) is 84.9 Å². The highest BCUT2D eigenvalue weighted by Gasteiger charge is 2.00. The van der Waals surface area contributed by atoms with Gasteiger partial charge in [-0.3, -0.25) is 0 Å². The van der Waals surface area contributed by atoms with Crippen LogP contribution in [0.4, 0.5) is 21.9 Å². The van der Waals surface area contributed by atoms with Crippen molar-refractivity contribution in [3.63, 3.8) is 0 Å². The molecule has 0 heterocycles. The van der Waals surface area contributed by atoms with Gasteiger partial charge in [-0.25, -0.2) is 4.79 Å². The molecule has 26 heavy (non-hydrogen) atoms. The summed E-state index contributed by atoms with van der Waals surface area (Å²) in [5, 5.41) is 8.78. The summed E-state index contributed by atoms with van der Waals surface area (Å²) in [5.74, 6) is 0. The first kappa shape index (κ1) is 17.8. The predicted molar refractivity (Wildman–Crippen MR) is 111 cm³/mol. The molecule has 3 aromatic rings. The van der Waals surface area contributed by atoms with Crippen molar-refractivity contribution in [3.05, 3.63) is 95.1 Å². The van der Waals surface area contributed by atoms with Gasteiger partial charge < -0.3 is 16.0 Å². The summed E-state index contributed by atoms with van der Waals surface area (Å²) < 4.78 is 1.02. The van der Waals surface area contributed by atoms with Crippen LogP contribution in [0.1, 0.15) is 5.56 Å². The summed E-state index contributed by atoms with van der Waals surface area (Å²) in [6, 6.07) is 25.0. The van der Waals surface area contributed by atoms with E-state index in [0.717, 1.165) is 27.1 Å².